The number of hydrogen-bond donors (Lipinski definition) is 1. The Balaban J connectivity index is 1.48. The molecule has 3 heterocycles. The van der Waals surface area contributed by atoms with Crippen LogP contribution in [0.5, 0.6) is 0 Å². The highest BCUT2D eigenvalue weighted by Crippen LogP contribution is 2.22. The molecule has 4 aromatic rings. The number of pyridine rings is 1. The molecule has 0 atom stereocenters. The number of hydrogen-bond acceptors (Lipinski definition) is 5. The Labute approximate surface area is 146 Å². The maximum Gasteiger partial charge on any atom is 0.280 e. The van der Waals surface area contributed by atoms with Gasteiger partial charge < -0.3 is 5.32 Å². The fourth-order valence-corrected chi connectivity index (χ4v) is 3.91. The van der Waals surface area contributed by atoms with Gasteiger partial charge in [-0.15, -0.1) is 11.3 Å². The van der Waals surface area contributed by atoms with Crippen LogP contribution < -0.4 is 5.32 Å². The van der Waals surface area contributed by atoms with Gasteiger partial charge in [0.1, 0.15) is 0 Å². The highest BCUT2D eigenvalue weighted by atomic mass is 32.1. The van der Waals surface area contributed by atoms with Crippen molar-refractivity contribution < 1.29 is 4.79 Å². The zero-order valence-corrected chi connectivity index (χ0v) is 14.2. The summed E-state index contributed by atoms with van der Waals surface area (Å²) in [6.07, 6.45) is 1.77. The Morgan fingerprint density at radius 3 is 2.92 bits per heavy atom. The third-order valence-electron chi connectivity index (χ3n) is 3.58. The summed E-state index contributed by atoms with van der Waals surface area (Å²) < 4.78 is 1.02. The van der Waals surface area contributed by atoms with Crippen LogP contribution in [0.2, 0.25) is 0 Å². The quantitative estimate of drug-likeness (QED) is 0.595. The molecule has 1 amide bonds. The standard InChI is InChI=1S/C18H13N3OS2/c22-17(18-21-14-3-1-2-4-16(14)24-18)20-10-12-5-7-19-15(9-12)13-6-8-23-11-13/h1-9,11H,10H2,(H,20,22). The minimum absolute atomic E-state index is 0.148. The van der Waals surface area contributed by atoms with Crippen LogP contribution in [0.25, 0.3) is 21.5 Å². The smallest absolute Gasteiger partial charge is 0.280 e. The van der Waals surface area contributed by atoms with Crippen LogP contribution >= 0.6 is 22.7 Å². The Kier molecular flexibility index (Phi) is 4.06. The summed E-state index contributed by atoms with van der Waals surface area (Å²) >= 11 is 3.05. The van der Waals surface area contributed by atoms with Gasteiger partial charge in [-0.2, -0.15) is 11.3 Å². The van der Waals surface area contributed by atoms with Crippen LogP contribution in [-0.2, 0) is 6.54 Å². The van der Waals surface area contributed by atoms with Crippen LogP contribution in [0.15, 0.2) is 59.4 Å². The highest BCUT2D eigenvalue weighted by molar-refractivity contribution is 7.20. The zero-order chi connectivity index (χ0) is 16.4. The van der Waals surface area contributed by atoms with Gasteiger partial charge in [0.25, 0.3) is 5.91 Å². The Bertz CT molecular complexity index is 959. The van der Waals surface area contributed by atoms with Gasteiger partial charge in [0.15, 0.2) is 5.01 Å². The minimum atomic E-state index is -0.148. The molecule has 118 valence electrons. The van der Waals surface area contributed by atoms with Gasteiger partial charge in [0, 0.05) is 23.7 Å². The van der Waals surface area contributed by atoms with E-state index in [1.807, 2.05) is 47.8 Å². The summed E-state index contributed by atoms with van der Waals surface area (Å²) in [4.78, 5) is 21.1. The highest BCUT2D eigenvalue weighted by Gasteiger charge is 2.11. The molecular weight excluding hydrogens is 338 g/mol. The summed E-state index contributed by atoms with van der Waals surface area (Å²) in [6.45, 7) is 0.453. The maximum atomic E-state index is 12.3. The van der Waals surface area contributed by atoms with Crippen molar-refractivity contribution in [2.75, 3.05) is 0 Å². The molecule has 0 radical (unpaired) electrons. The lowest BCUT2D eigenvalue weighted by atomic mass is 10.1. The second-order valence-electron chi connectivity index (χ2n) is 5.23. The predicted molar refractivity (Wildman–Crippen MR) is 98.3 cm³/mol. The molecular formula is C18H13N3OS2. The van der Waals surface area contributed by atoms with Gasteiger partial charge >= 0.3 is 0 Å². The lowest BCUT2D eigenvalue weighted by Crippen LogP contribution is -2.22. The van der Waals surface area contributed by atoms with E-state index in [1.54, 1.807) is 17.5 Å². The van der Waals surface area contributed by atoms with Gasteiger partial charge in [0.2, 0.25) is 0 Å². The van der Waals surface area contributed by atoms with E-state index in [-0.39, 0.29) is 5.91 Å². The first-order chi connectivity index (χ1) is 11.8. The number of amides is 1. The number of para-hydroxylation sites is 1. The third-order valence-corrected chi connectivity index (χ3v) is 5.30. The summed E-state index contributed by atoms with van der Waals surface area (Å²) in [5.41, 5.74) is 3.89. The van der Waals surface area contributed by atoms with Crippen molar-refractivity contribution in [3.8, 4) is 11.3 Å². The van der Waals surface area contributed by atoms with E-state index >= 15 is 0 Å². The molecule has 0 saturated carbocycles. The van der Waals surface area contributed by atoms with Gasteiger partial charge in [-0.3, -0.25) is 9.78 Å². The topological polar surface area (TPSA) is 54.9 Å². The molecule has 0 fully saturated rings. The molecule has 1 aromatic carbocycles. The van der Waals surface area contributed by atoms with Crippen molar-refractivity contribution in [1.82, 2.24) is 15.3 Å². The van der Waals surface area contributed by atoms with Crippen molar-refractivity contribution in [2.24, 2.45) is 0 Å². The Hall–Kier alpha value is -2.57. The molecule has 1 N–H and O–H groups in total. The van der Waals surface area contributed by atoms with Crippen molar-refractivity contribution in [3.63, 3.8) is 0 Å². The predicted octanol–water partition coefficient (Wildman–Crippen LogP) is 4.35. The first kappa shape index (κ1) is 15.0. The van der Waals surface area contributed by atoms with E-state index in [2.05, 4.69) is 20.7 Å². The number of benzene rings is 1. The molecule has 0 unspecified atom stereocenters. The number of thiazole rings is 1. The molecule has 0 aliphatic heterocycles. The number of nitrogens with one attached hydrogen (secondary N) is 1. The van der Waals surface area contributed by atoms with Crippen molar-refractivity contribution in [1.29, 1.82) is 0 Å². The fraction of sp³-hybridized carbons (Fsp3) is 0.0556. The van der Waals surface area contributed by atoms with Crippen LogP contribution in [0.4, 0.5) is 0 Å². The molecule has 0 aliphatic rings. The second kappa shape index (κ2) is 6.51. The van der Waals surface area contributed by atoms with Crippen LogP contribution in [-0.4, -0.2) is 15.9 Å². The van der Waals surface area contributed by atoms with Crippen LogP contribution in [0, 0.1) is 0 Å². The number of carbonyl (C=O) groups is 1. The maximum absolute atomic E-state index is 12.3. The first-order valence-corrected chi connectivity index (χ1v) is 9.17. The molecule has 4 rings (SSSR count). The molecule has 4 nitrogen and oxygen atoms in total. The van der Waals surface area contributed by atoms with E-state index < -0.39 is 0 Å². The van der Waals surface area contributed by atoms with Gasteiger partial charge in [-0.05, 0) is 41.3 Å². The Morgan fingerprint density at radius 2 is 2.08 bits per heavy atom. The van der Waals surface area contributed by atoms with Gasteiger partial charge in [-0.25, -0.2) is 4.98 Å². The van der Waals surface area contributed by atoms with E-state index in [9.17, 15) is 4.79 Å². The molecule has 0 spiro atoms. The van der Waals surface area contributed by atoms with Crippen molar-refractivity contribution in [2.45, 2.75) is 6.54 Å². The molecule has 3 aromatic heterocycles. The van der Waals surface area contributed by atoms with Crippen LogP contribution in [0.1, 0.15) is 15.4 Å². The molecule has 6 heteroatoms. The SMILES string of the molecule is O=C(NCc1ccnc(-c2ccsc2)c1)c1nc2ccccc2s1. The summed E-state index contributed by atoms with van der Waals surface area (Å²) in [6, 6.07) is 13.7. The number of aromatic nitrogens is 2. The molecule has 0 saturated heterocycles. The molecule has 0 bridgehead atoms. The monoisotopic (exact) mass is 351 g/mol. The van der Waals surface area contributed by atoms with Crippen molar-refractivity contribution in [3.05, 3.63) is 70.0 Å². The fourth-order valence-electron chi connectivity index (χ4n) is 2.38. The average Bonchev–Trinajstić information content (AvgIpc) is 3.29. The van der Waals surface area contributed by atoms with E-state index in [0.717, 1.165) is 27.0 Å². The average molecular weight is 351 g/mol. The molecule has 24 heavy (non-hydrogen) atoms. The summed E-state index contributed by atoms with van der Waals surface area (Å²) in [7, 11) is 0. The number of rotatable bonds is 4. The summed E-state index contributed by atoms with van der Waals surface area (Å²) in [5, 5.41) is 7.51. The number of thiophene rings is 1. The summed E-state index contributed by atoms with van der Waals surface area (Å²) in [5.74, 6) is -0.148. The van der Waals surface area contributed by atoms with Crippen molar-refractivity contribution >= 4 is 38.8 Å². The number of nitrogens with zero attached hydrogens (tertiary/aromatic N) is 2. The lowest BCUT2D eigenvalue weighted by molar-refractivity contribution is 0.0950. The minimum Gasteiger partial charge on any atom is -0.346 e. The van der Waals surface area contributed by atoms with Gasteiger partial charge in [-0.1, -0.05) is 12.1 Å². The molecule has 0 aliphatic carbocycles. The normalized spacial score (nSPS) is 10.8. The van der Waals surface area contributed by atoms with E-state index in [1.165, 1.54) is 11.3 Å². The number of fused-ring (bicyclic) bond motifs is 1. The largest absolute Gasteiger partial charge is 0.346 e. The second-order valence-corrected chi connectivity index (χ2v) is 7.04. The van der Waals surface area contributed by atoms with E-state index in [4.69, 9.17) is 0 Å². The zero-order valence-electron chi connectivity index (χ0n) is 12.6. The van der Waals surface area contributed by atoms with Crippen LogP contribution in [0.3, 0.4) is 0 Å². The van der Waals surface area contributed by atoms with Gasteiger partial charge in [0.05, 0.1) is 15.9 Å². The Morgan fingerprint density at radius 1 is 1.17 bits per heavy atom. The van der Waals surface area contributed by atoms with E-state index in [0.29, 0.717) is 11.6 Å². The lowest BCUT2D eigenvalue weighted by Gasteiger charge is -2.05. The third kappa shape index (κ3) is 3.06. The first-order valence-electron chi connectivity index (χ1n) is 7.41. The number of carbonyl (C=O) groups excluding carboxylic acids is 1.